The van der Waals surface area contributed by atoms with Gasteiger partial charge in [0.25, 0.3) is 0 Å². The fraction of sp³-hybridized carbons (Fsp3) is 0.444. The number of fused-ring (bicyclic) bond motifs is 3. The number of carbonyl (C=O) groups excluding carboxylic acids is 2. The Hall–Kier alpha value is -3.35. The Balaban J connectivity index is 1.50. The lowest BCUT2D eigenvalue weighted by Gasteiger charge is -2.28. The van der Waals surface area contributed by atoms with Crippen LogP contribution in [0.5, 0.6) is 0 Å². The largest absolute Gasteiger partial charge is 0.481 e. The topological polar surface area (TPSA) is 95.9 Å². The summed E-state index contributed by atoms with van der Waals surface area (Å²) in [6, 6.07) is 16.4. The van der Waals surface area contributed by atoms with E-state index in [0.29, 0.717) is 26.1 Å². The number of carboxylic acid groups (broad SMARTS) is 1. The van der Waals surface area contributed by atoms with E-state index >= 15 is 0 Å². The van der Waals surface area contributed by atoms with Crippen molar-refractivity contribution in [1.29, 1.82) is 0 Å². The molecule has 0 aromatic heterocycles. The Labute approximate surface area is 201 Å². The van der Waals surface area contributed by atoms with Crippen LogP contribution in [0.1, 0.15) is 57.1 Å². The van der Waals surface area contributed by atoms with Gasteiger partial charge in [-0.05, 0) is 41.0 Å². The summed E-state index contributed by atoms with van der Waals surface area (Å²) in [5.74, 6) is -0.917. The minimum Gasteiger partial charge on any atom is -0.481 e. The van der Waals surface area contributed by atoms with Gasteiger partial charge < -0.3 is 20.1 Å². The van der Waals surface area contributed by atoms with Crippen LogP contribution in [0.3, 0.4) is 0 Å². The normalized spacial score (nSPS) is 12.6. The molecule has 0 saturated carbocycles. The maximum Gasteiger partial charge on any atom is 0.407 e. The molecule has 0 fully saturated rings. The van der Waals surface area contributed by atoms with E-state index in [9.17, 15) is 14.4 Å². The molecule has 3 rings (SSSR count). The predicted octanol–water partition coefficient (Wildman–Crippen LogP) is 4.65. The quantitative estimate of drug-likeness (QED) is 0.502. The molecule has 2 amide bonds. The molecule has 2 N–H and O–H groups in total. The third-order valence-corrected chi connectivity index (χ3v) is 6.24. The van der Waals surface area contributed by atoms with Gasteiger partial charge in [0.15, 0.2) is 0 Å². The number of nitrogens with zero attached hydrogens (tertiary/aromatic N) is 1. The van der Waals surface area contributed by atoms with Gasteiger partial charge in [-0.2, -0.15) is 0 Å². The summed E-state index contributed by atoms with van der Waals surface area (Å²) in [6.07, 6.45) is 0.206. The second kappa shape index (κ2) is 11.2. The third-order valence-electron chi connectivity index (χ3n) is 6.24. The van der Waals surface area contributed by atoms with Crippen LogP contribution in [0.25, 0.3) is 11.1 Å². The van der Waals surface area contributed by atoms with Gasteiger partial charge in [-0.3, -0.25) is 9.59 Å². The number of nitrogens with one attached hydrogen (secondary N) is 1. The average molecular weight is 467 g/mol. The maximum absolute atomic E-state index is 12.7. The zero-order valence-corrected chi connectivity index (χ0v) is 20.2. The second-order valence-electron chi connectivity index (χ2n) is 9.49. The summed E-state index contributed by atoms with van der Waals surface area (Å²) in [5.41, 5.74) is 4.20. The molecule has 0 aliphatic heterocycles. The van der Waals surface area contributed by atoms with Crippen LogP contribution in [0.4, 0.5) is 4.79 Å². The van der Waals surface area contributed by atoms with Gasteiger partial charge in [0.2, 0.25) is 5.91 Å². The van der Waals surface area contributed by atoms with Crippen LogP contribution in [0.2, 0.25) is 0 Å². The van der Waals surface area contributed by atoms with Gasteiger partial charge >= 0.3 is 12.1 Å². The number of ether oxygens (including phenoxy) is 1. The summed E-state index contributed by atoms with van der Waals surface area (Å²) in [5, 5.41) is 11.6. The number of aliphatic carboxylic acids is 1. The predicted molar refractivity (Wildman–Crippen MR) is 131 cm³/mol. The number of rotatable bonds is 11. The van der Waals surface area contributed by atoms with Crippen LogP contribution in [-0.4, -0.2) is 54.2 Å². The molecular formula is C27H34N2O5. The summed E-state index contributed by atoms with van der Waals surface area (Å²) in [7, 11) is 0. The van der Waals surface area contributed by atoms with E-state index in [4.69, 9.17) is 9.84 Å². The SMILES string of the molecule is CCN(CCCC(=O)O)C(=O)CC(C)(C)CNC(=O)OCC1c2ccccc2-c2ccccc21. The van der Waals surface area contributed by atoms with Gasteiger partial charge in [-0.25, -0.2) is 4.79 Å². The average Bonchev–Trinajstić information content (AvgIpc) is 3.12. The number of hydrogen-bond acceptors (Lipinski definition) is 4. The van der Waals surface area contributed by atoms with E-state index < -0.39 is 17.5 Å². The van der Waals surface area contributed by atoms with E-state index in [1.807, 2.05) is 45.0 Å². The molecule has 0 spiro atoms. The van der Waals surface area contributed by atoms with Crippen molar-refractivity contribution in [2.24, 2.45) is 5.41 Å². The molecule has 182 valence electrons. The first-order valence-electron chi connectivity index (χ1n) is 11.8. The molecule has 0 heterocycles. The molecule has 0 radical (unpaired) electrons. The molecule has 1 aliphatic rings. The zero-order valence-electron chi connectivity index (χ0n) is 20.2. The molecule has 34 heavy (non-hydrogen) atoms. The molecule has 7 nitrogen and oxygen atoms in total. The maximum atomic E-state index is 12.7. The van der Waals surface area contributed by atoms with Crippen LogP contribution >= 0.6 is 0 Å². The molecule has 1 aliphatic carbocycles. The van der Waals surface area contributed by atoms with Gasteiger partial charge in [0, 0.05) is 38.4 Å². The van der Waals surface area contributed by atoms with Gasteiger partial charge in [-0.1, -0.05) is 62.4 Å². The molecule has 2 aromatic carbocycles. The van der Waals surface area contributed by atoms with E-state index in [1.54, 1.807) is 4.90 Å². The summed E-state index contributed by atoms with van der Waals surface area (Å²) in [4.78, 5) is 37.5. The Morgan fingerprint density at radius 3 is 2.18 bits per heavy atom. The molecule has 0 saturated heterocycles. The standard InChI is InChI=1S/C27H34N2O5/c1-4-29(15-9-14-25(31)32)24(30)16-27(2,3)18-28-26(33)34-17-23-21-12-7-5-10-19(21)20-11-6-8-13-22(20)23/h5-8,10-13,23H,4,9,14-18H2,1-3H3,(H,28,33)(H,31,32). The smallest absolute Gasteiger partial charge is 0.407 e. The minimum atomic E-state index is -0.865. The monoisotopic (exact) mass is 466 g/mol. The molecule has 2 aromatic rings. The van der Waals surface area contributed by atoms with E-state index in [1.165, 1.54) is 11.1 Å². The third kappa shape index (κ3) is 6.37. The first-order chi connectivity index (χ1) is 16.2. The first-order valence-corrected chi connectivity index (χ1v) is 11.8. The lowest BCUT2D eigenvalue weighted by Crippen LogP contribution is -2.40. The highest BCUT2D eigenvalue weighted by molar-refractivity contribution is 5.79. The van der Waals surface area contributed by atoms with E-state index in [0.717, 1.165) is 11.1 Å². The van der Waals surface area contributed by atoms with E-state index in [-0.39, 0.29) is 31.3 Å². The zero-order chi connectivity index (χ0) is 24.7. The minimum absolute atomic E-state index is 0.00310. The number of carboxylic acids is 1. The number of carbonyl (C=O) groups is 3. The summed E-state index contributed by atoms with van der Waals surface area (Å²) < 4.78 is 5.58. The Morgan fingerprint density at radius 1 is 1.03 bits per heavy atom. The van der Waals surface area contributed by atoms with Crippen molar-refractivity contribution < 1.29 is 24.2 Å². The molecule has 0 unspecified atom stereocenters. The molecular weight excluding hydrogens is 432 g/mol. The Kier molecular flexibility index (Phi) is 8.31. The molecule has 7 heteroatoms. The first kappa shape index (κ1) is 25.3. The van der Waals surface area contributed by atoms with Crippen molar-refractivity contribution in [3.63, 3.8) is 0 Å². The van der Waals surface area contributed by atoms with Crippen molar-refractivity contribution in [2.45, 2.75) is 46.0 Å². The Morgan fingerprint density at radius 2 is 1.62 bits per heavy atom. The van der Waals surface area contributed by atoms with Gasteiger partial charge in [0.05, 0.1) is 0 Å². The fourth-order valence-corrected chi connectivity index (χ4v) is 4.42. The van der Waals surface area contributed by atoms with Crippen molar-refractivity contribution in [2.75, 3.05) is 26.2 Å². The number of hydrogen-bond donors (Lipinski definition) is 2. The summed E-state index contributed by atoms with van der Waals surface area (Å²) in [6.45, 7) is 7.18. The van der Waals surface area contributed by atoms with Crippen LogP contribution in [-0.2, 0) is 14.3 Å². The van der Waals surface area contributed by atoms with Crippen molar-refractivity contribution >= 4 is 18.0 Å². The van der Waals surface area contributed by atoms with Gasteiger partial charge in [0.1, 0.15) is 6.61 Å². The highest BCUT2D eigenvalue weighted by Gasteiger charge is 2.30. The van der Waals surface area contributed by atoms with E-state index in [2.05, 4.69) is 29.6 Å². The number of benzene rings is 2. The molecule has 0 atom stereocenters. The Bertz CT molecular complexity index is 988. The molecule has 0 bridgehead atoms. The number of amides is 2. The fourth-order valence-electron chi connectivity index (χ4n) is 4.42. The van der Waals surface area contributed by atoms with Gasteiger partial charge in [-0.15, -0.1) is 0 Å². The van der Waals surface area contributed by atoms with Crippen LogP contribution in [0.15, 0.2) is 48.5 Å². The highest BCUT2D eigenvalue weighted by Crippen LogP contribution is 2.44. The van der Waals surface area contributed by atoms with Crippen LogP contribution in [0, 0.1) is 5.41 Å². The summed E-state index contributed by atoms with van der Waals surface area (Å²) >= 11 is 0. The van der Waals surface area contributed by atoms with Crippen molar-refractivity contribution in [3.8, 4) is 11.1 Å². The van der Waals surface area contributed by atoms with Crippen molar-refractivity contribution in [3.05, 3.63) is 59.7 Å². The van der Waals surface area contributed by atoms with Crippen molar-refractivity contribution in [1.82, 2.24) is 10.2 Å². The lowest BCUT2D eigenvalue weighted by atomic mass is 9.88. The lowest BCUT2D eigenvalue weighted by molar-refractivity contribution is -0.138. The second-order valence-corrected chi connectivity index (χ2v) is 9.49. The van der Waals surface area contributed by atoms with Crippen LogP contribution < -0.4 is 5.32 Å². The highest BCUT2D eigenvalue weighted by atomic mass is 16.5. The number of alkyl carbamates (subject to hydrolysis) is 1.